The highest BCUT2D eigenvalue weighted by atomic mass is 16.3. The van der Waals surface area contributed by atoms with Crippen LogP contribution in [0.25, 0.3) is 10.8 Å². The van der Waals surface area contributed by atoms with Gasteiger partial charge in [0.05, 0.1) is 6.10 Å². The Labute approximate surface area is 137 Å². The van der Waals surface area contributed by atoms with E-state index in [2.05, 4.69) is 41.5 Å². The van der Waals surface area contributed by atoms with Crippen molar-refractivity contribution in [2.75, 3.05) is 6.54 Å². The van der Waals surface area contributed by atoms with Crippen LogP contribution in [0.4, 0.5) is 0 Å². The lowest BCUT2D eigenvalue weighted by atomic mass is 10.00. The summed E-state index contributed by atoms with van der Waals surface area (Å²) < 4.78 is 0. The van der Waals surface area contributed by atoms with E-state index in [1.165, 1.54) is 0 Å². The minimum absolute atomic E-state index is 0.146. The van der Waals surface area contributed by atoms with E-state index in [0.29, 0.717) is 6.54 Å². The van der Waals surface area contributed by atoms with Crippen molar-refractivity contribution in [3.8, 4) is 0 Å². The van der Waals surface area contributed by atoms with Crippen molar-refractivity contribution in [2.24, 2.45) is 0 Å². The van der Waals surface area contributed by atoms with Gasteiger partial charge in [-0.1, -0.05) is 48.5 Å². The van der Waals surface area contributed by atoms with Crippen molar-refractivity contribution in [3.63, 3.8) is 0 Å². The van der Waals surface area contributed by atoms with Crippen LogP contribution in [0.2, 0.25) is 0 Å². The lowest BCUT2D eigenvalue weighted by Crippen LogP contribution is -2.25. The summed E-state index contributed by atoms with van der Waals surface area (Å²) in [5.41, 5.74) is 3.10. The fraction of sp³-hybridized carbons (Fsp3) is 0.250. The Morgan fingerprint density at radius 3 is 2.61 bits per heavy atom. The van der Waals surface area contributed by atoms with Crippen molar-refractivity contribution in [2.45, 2.75) is 26.0 Å². The van der Waals surface area contributed by atoms with Crippen LogP contribution in [0.1, 0.15) is 35.9 Å². The first-order valence-electron chi connectivity index (χ1n) is 7.97. The van der Waals surface area contributed by atoms with E-state index in [1.54, 1.807) is 0 Å². The third-order valence-corrected chi connectivity index (χ3v) is 4.23. The fourth-order valence-corrected chi connectivity index (χ4v) is 2.79. The number of aryl methyl sites for hydroxylation is 1. The van der Waals surface area contributed by atoms with Gasteiger partial charge < -0.3 is 10.4 Å². The standard InChI is InChI=1S/C20H22N2O/c1-14-10-11-17(12-21-14)15(2)22-13-20(23)19-9-5-7-16-6-3-4-8-18(16)19/h3-12,15,20,22-23H,13H2,1-2H3. The molecule has 0 amide bonds. The molecule has 1 aromatic heterocycles. The molecule has 3 aromatic rings. The Hall–Kier alpha value is -2.23. The van der Waals surface area contributed by atoms with E-state index >= 15 is 0 Å². The highest BCUT2D eigenvalue weighted by molar-refractivity contribution is 5.85. The van der Waals surface area contributed by atoms with Crippen molar-refractivity contribution >= 4 is 10.8 Å². The highest BCUT2D eigenvalue weighted by Gasteiger charge is 2.13. The molecular weight excluding hydrogens is 284 g/mol. The number of hydrogen-bond acceptors (Lipinski definition) is 3. The predicted molar refractivity (Wildman–Crippen MR) is 94.3 cm³/mol. The topological polar surface area (TPSA) is 45.1 Å². The molecule has 0 saturated heterocycles. The molecule has 3 heteroatoms. The molecule has 0 bridgehead atoms. The van der Waals surface area contributed by atoms with Gasteiger partial charge in [-0.2, -0.15) is 0 Å². The average molecular weight is 306 g/mol. The molecule has 0 fully saturated rings. The molecular formula is C20H22N2O. The Balaban J connectivity index is 1.71. The van der Waals surface area contributed by atoms with Crippen LogP contribution < -0.4 is 5.32 Å². The number of nitrogens with zero attached hydrogens (tertiary/aromatic N) is 1. The molecule has 2 unspecified atom stereocenters. The zero-order chi connectivity index (χ0) is 16.2. The van der Waals surface area contributed by atoms with Crippen LogP contribution >= 0.6 is 0 Å². The Morgan fingerprint density at radius 1 is 1.04 bits per heavy atom. The molecule has 3 nitrogen and oxygen atoms in total. The summed E-state index contributed by atoms with van der Waals surface area (Å²) in [6.07, 6.45) is 1.35. The molecule has 3 rings (SSSR count). The lowest BCUT2D eigenvalue weighted by molar-refractivity contribution is 0.172. The zero-order valence-corrected chi connectivity index (χ0v) is 13.5. The molecule has 2 aromatic carbocycles. The second kappa shape index (κ2) is 6.90. The van der Waals surface area contributed by atoms with Gasteiger partial charge in [0, 0.05) is 24.5 Å². The molecule has 23 heavy (non-hydrogen) atoms. The summed E-state index contributed by atoms with van der Waals surface area (Å²) in [7, 11) is 0. The van der Waals surface area contributed by atoms with E-state index in [4.69, 9.17) is 0 Å². The highest BCUT2D eigenvalue weighted by Crippen LogP contribution is 2.24. The summed E-state index contributed by atoms with van der Waals surface area (Å²) in [6.45, 7) is 4.57. The van der Waals surface area contributed by atoms with Crippen LogP contribution in [0.5, 0.6) is 0 Å². The van der Waals surface area contributed by atoms with Crippen molar-refractivity contribution in [3.05, 3.63) is 77.6 Å². The summed E-state index contributed by atoms with van der Waals surface area (Å²) in [5.74, 6) is 0. The first-order chi connectivity index (χ1) is 11.1. The summed E-state index contributed by atoms with van der Waals surface area (Å²) >= 11 is 0. The summed E-state index contributed by atoms with van der Waals surface area (Å²) in [6, 6.07) is 18.4. The maximum absolute atomic E-state index is 10.6. The molecule has 0 aliphatic rings. The van der Waals surface area contributed by atoms with Crippen molar-refractivity contribution < 1.29 is 5.11 Å². The first kappa shape index (κ1) is 15.7. The third-order valence-electron chi connectivity index (χ3n) is 4.23. The number of aromatic nitrogens is 1. The van der Waals surface area contributed by atoms with Crippen LogP contribution in [0, 0.1) is 6.92 Å². The number of nitrogens with one attached hydrogen (secondary N) is 1. The first-order valence-corrected chi connectivity index (χ1v) is 7.97. The van der Waals surface area contributed by atoms with E-state index in [-0.39, 0.29) is 6.04 Å². The number of rotatable bonds is 5. The van der Waals surface area contributed by atoms with E-state index in [9.17, 15) is 5.11 Å². The Kier molecular flexibility index (Phi) is 4.70. The maximum atomic E-state index is 10.6. The smallest absolute Gasteiger partial charge is 0.0920 e. The molecule has 0 spiro atoms. The van der Waals surface area contributed by atoms with Gasteiger partial charge in [-0.05, 0) is 41.8 Å². The number of pyridine rings is 1. The quantitative estimate of drug-likeness (QED) is 0.751. The number of fused-ring (bicyclic) bond motifs is 1. The predicted octanol–water partition coefficient (Wildman–Crippen LogP) is 3.93. The normalized spacial score (nSPS) is 13.9. The molecule has 0 radical (unpaired) electrons. The molecule has 1 heterocycles. The average Bonchev–Trinajstić information content (AvgIpc) is 2.59. The number of aliphatic hydroxyl groups excluding tert-OH is 1. The minimum atomic E-state index is -0.540. The van der Waals surface area contributed by atoms with Crippen LogP contribution in [0.3, 0.4) is 0 Å². The lowest BCUT2D eigenvalue weighted by Gasteiger charge is -2.19. The van der Waals surface area contributed by atoms with Gasteiger partial charge in [-0.3, -0.25) is 4.98 Å². The van der Waals surface area contributed by atoms with E-state index < -0.39 is 6.10 Å². The minimum Gasteiger partial charge on any atom is -0.387 e. The number of hydrogen-bond donors (Lipinski definition) is 2. The van der Waals surface area contributed by atoms with Gasteiger partial charge >= 0.3 is 0 Å². The molecule has 2 atom stereocenters. The molecule has 0 saturated carbocycles. The van der Waals surface area contributed by atoms with E-state index in [1.807, 2.05) is 43.5 Å². The van der Waals surface area contributed by atoms with Gasteiger partial charge in [0.2, 0.25) is 0 Å². The third kappa shape index (κ3) is 3.58. The van der Waals surface area contributed by atoms with Crippen molar-refractivity contribution in [1.82, 2.24) is 10.3 Å². The Morgan fingerprint density at radius 2 is 1.83 bits per heavy atom. The monoisotopic (exact) mass is 306 g/mol. The second-order valence-corrected chi connectivity index (χ2v) is 5.95. The molecule has 2 N–H and O–H groups in total. The van der Waals surface area contributed by atoms with Gasteiger partial charge in [-0.15, -0.1) is 0 Å². The number of aliphatic hydroxyl groups is 1. The molecule has 0 aliphatic heterocycles. The van der Waals surface area contributed by atoms with Crippen LogP contribution in [0.15, 0.2) is 60.8 Å². The molecule has 0 aliphatic carbocycles. The van der Waals surface area contributed by atoms with Gasteiger partial charge in [0.15, 0.2) is 0 Å². The van der Waals surface area contributed by atoms with E-state index in [0.717, 1.165) is 27.6 Å². The summed E-state index contributed by atoms with van der Waals surface area (Å²) in [5, 5.41) is 16.2. The van der Waals surface area contributed by atoms with Crippen LogP contribution in [-0.4, -0.2) is 16.6 Å². The largest absolute Gasteiger partial charge is 0.387 e. The zero-order valence-electron chi connectivity index (χ0n) is 13.5. The fourth-order valence-electron chi connectivity index (χ4n) is 2.79. The van der Waals surface area contributed by atoms with Crippen molar-refractivity contribution in [1.29, 1.82) is 0 Å². The Bertz CT molecular complexity index is 778. The van der Waals surface area contributed by atoms with Crippen LogP contribution in [-0.2, 0) is 0 Å². The van der Waals surface area contributed by atoms with Gasteiger partial charge in [-0.25, -0.2) is 0 Å². The van der Waals surface area contributed by atoms with Gasteiger partial charge in [0.25, 0.3) is 0 Å². The number of benzene rings is 2. The second-order valence-electron chi connectivity index (χ2n) is 5.95. The summed E-state index contributed by atoms with van der Waals surface area (Å²) in [4.78, 5) is 4.32. The maximum Gasteiger partial charge on any atom is 0.0920 e. The SMILES string of the molecule is Cc1ccc(C(C)NCC(O)c2cccc3ccccc23)cn1. The van der Waals surface area contributed by atoms with Gasteiger partial charge in [0.1, 0.15) is 0 Å². The molecule has 118 valence electrons.